The van der Waals surface area contributed by atoms with Crippen molar-refractivity contribution >= 4 is 27.7 Å². The molecule has 0 aliphatic carbocycles. The molecule has 0 unspecified atom stereocenters. The minimum atomic E-state index is -0.288. The Kier molecular flexibility index (Phi) is 3.76. The van der Waals surface area contributed by atoms with Crippen LogP contribution in [0.25, 0.3) is 0 Å². The van der Waals surface area contributed by atoms with E-state index in [2.05, 4.69) is 15.9 Å². The summed E-state index contributed by atoms with van der Waals surface area (Å²) in [5.41, 5.74) is 3.08. The predicted octanol–water partition coefficient (Wildman–Crippen LogP) is 4.76. The Morgan fingerprint density at radius 1 is 1.12 bits per heavy atom. The number of halogens is 1. The summed E-state index contributed by atoms with van der Waals surface area (Å²) in [4.78, 5) is 24.7. The van der Waals surface area contributed by atoms with Crippen molar-refractivity contribution in [3.05, 3.63) is 68.9 Å². The van der Waals surface area contributed by atoms with E-state index in [0.29, 0.717) is 22.8 Å². The topological polar surface area (TPSA) is 52.6 Å². The minimum Gasteiger partial charge on any atom is -0.452 e. The van der Waals surface area contributed by atoms with Gasteiger partial charge in [-0.25, -0.2) is 0 Å². The maximum Gasteiger partial charge on any atom is 0.312 e. The Morgan fingerprint density at radius 2 is 1.92 bits per heavy atom. The molecule has 4 nitrogen and oxygen atoms in total. The molecule has 2 aromatic rings. The largest absolute Gasteiger partial charge is 0.452 e. The molecule has 2 aromatic carbocycles. The molecular weight excluding hydrogens is 384 g/mol. The third-order valence-electron chi connectivity index (χ3n) is 4.46. The monoisotopic (exact) mass is 398 g/mol. The Bertz CT molecular complexity index is 954. The summed E-state index contributed by atoms with van der Waals surface area (Å²) in [5, 5.41) is 0. The van der Waals surface area contributed by atoms with Crippen molar-refractivity contribution in [1.82, 2.24) is 0 Å². The van der Waals surface area contributed by atoms with Crippen LogP contribution in [0.1, 0.15) is 47.7 Å². The number of allylic oxidation sites excluding steroid dienone is 2. The highest BCUT2D eigenvalue weighted by Gasteiger charge is 2.38. The van der Waals surface area contributed by atoms with Crippen molar-refractivity contribution in [3.8, 4) is 11.5 Å². The number of esters is 1. The van der Waals surface area contributed by atoms with E-state index in [0.717, 1.165) is 21.2 Å². The van der Waals surface area contributed by atoms with Crippen molar-refractivity contribution in [2.75, 3.05) is 0 Å². The number of ether oxygens (including phenoxy) is 2. The standard InChI is InChI=1S/C20H15BrO4/c1-10(2)19-18(23)13-6-7-15-17(20(13)25-19)14(9-16(22)24-15)11-4-3-5-12(21)8-11/h3-8,14H,9H2,1-2H3/t14-/m1/s1. The van der Waals surface area contributed by atoms with E-state index < -0.39 is 0 Å². The van der Waals surface area contributed by atoms with Gasteiger partial charge in [-0.2, -0.15) is 0 Å². The highest BCUT2D eigenvalue weighted by Crippen LogP contribution is 2.49. The lowest BCUT2D eigenvalue weighted by molar-refractivity contribution is -0.135. The van der Waals surface area contributed by atoms with Crippen LogP contribution in [-0.2, 0) is 4.79 Å². The molecule has 0 amide bonds. The van der Waals surface area contributed by atoms with Crippen LogP contribution in [0.3, 0.4) is 0 Å². The number of hydrogen-bond acceptors (Lipinski definition) is 4. The number of ketones is 1. The molecule has 25 heavy (non-hydrogen) atoms. The second-order valence-electron chi connectivity index (χ2n) is 6.40. The van der Waals surface area contributed by atoms with Crippen LogP contribution < -0.4 is 9.47 Å². The zero-order valence-corrected chi connectivity index (χ0v) is 15.3. The molecule has 0 saturated heterocycles. The van der Waals surface area contributed by atoms with E-state index in [1.807, 2.05) is 38.1 Å². The minimum absolute atomic E-state index is 0.123. The zero-order valence-electron chi connectivity index (χ0n) is 13.8. The number of fused-ring (bicyclic) bond motifs is 3. The number of benzene rings is 2. The van der Waals surface area contributed by atoms with E-state index in [1.54, 1.807) is 12.1 Å². The number of carbonyl (C=O) groups excluding carboxylic acids is 2. The highest BCUT2D eigenvalue weighted by molar-refractivity contribution is 9.10. The molecule has 0 radical (unpaired) electrons. The van der Waals surface area contributed by atoms with Crippen molar-refractivity contribution in [1.29, 1.82) is 0 Å². The molecular formula is C20H15BrO4. The second kappa shape index (κ2) is 5.85. The average Bonchev–Trinajstić information content (AvgIpc) is 2.91. The van der Waals surface area contributed by atoms with Gasteiger partial charge < -0.3 is 9.47 Å². The molecule has 2 aliphatic heterocycles. The van der Waals surface area contributed by atoms with E-state index in [9.17, 15) is 9.59 Å². The van der Waals surface area contributed by atoms with Crippen molar-refractivity contribution in [2.45, 2.75) is 26.2 Å². The van der Waals surface area contributed by atoms with Crippen LogP contribution in [0.2, 0.25) is 0 Å². The molecule has 126 valence electrons. The first-order valence-corrected chi connectivity index (χ1v) is 8.78. The van der Waals surface area contributed by atoms with Gasteiger partial charge >= 0.3 is 5.97 Å². The van der Waals surface area contributed by atoms with Crippen LogP contribution in [0.4, 0.5) is 0 Å². The fraction of sp³-hybridized carbons (Fsp3) is 0.200. The second-order valence-corrected chi connectivity index (χ2v) is 7.32. The van der Waals surface area contributed by atoms with E-state index >= 15 is 0 Å². The lowest BCUT2D eigenvalue weighted by Crippen LogP contribution is -2.21. The first-order valence-electron chi connectivity index (χ1n) is 7.98. The van der Waals surface area contributed by atoms with E-state index in [4.69, 9.17) is 9.47 Å². The van der Waals surface area contributed by atoms with Gasteiger partial charge in [-0.1, -0.05) is 28.1 Å². The van der Waals surface area contributed by atoms with Crippen LogP contribution in [0.15, 0.2) is 52.2 Å². The van der Waals surface area contributed by atoms with Gasteiger partial charge in [-0.15, -0.1) is 0 Å². The van der Waals surface area contributed by atoms with Gasteiger partial charge in [0.2, 0.25) is 5.78 Å². The first-order chi connectivity index (χ1) is 12.0. The SMILES string of the molecule is CC(C)=C1Oc2c(ccc3c2[C@@H](c2cccc(Br)c2)CC(=O)O3)C1=O. The number of Topliss-reactive ketones (excluding diaryl/α,β-unsaturated/α-hetero) is 1. The summed E-state index contributed by atoms with van der Waals surface area (Å²) >= 11 is 3.48. The van der Waals surface area contributed by atoms with Crippen molar-refractivity contribution in [3.63, 3.8) is 0 Å². The summed E-state index contributed by atoms with van der Waals surface area (Å²) < 4.78 is 12.3. The smallest absolute Gasteiger partial charge is 0.312 e. The summed E-state index contributed by atoms with van der Waals surface area (Å²) in [6.45, 7) is 3.69. The maximum atomic E-state index is 12.6. The molecule has 0 saturated carbocycles. The first kappa shape index (κ1) is 16.1. The van der Waals surface area contributed by atoms with Crippen molar-refractivity contribution in [2.24, 2.45) is 0 Å². The van der Waals surface area contributed by atoms with Gasteiger partial charge in [0.25, 0.3) is 0 Å². The van der Waals surface area contributed by atoms with Gasteiger partial charge in [0.05, 0.1) is 12.0 Å². The molecule has 4 rings (SSSR count). The average molecular weight is 399 g/mol. The third kappa shape index (κ3) is 2.59. The molecule has 0 fully saturated rings. The Balaban J connectivity index is 1.93. The normalized spacial score (nSPS) is 18.4. The molecule has 2 aliphatic rings. The van der Waals surface area contributed by atoms with Gasteiger partial charge in [-0.3, -0.25) is 9.59 Å². The van der Waals surface area contributed by atoms with Crippen LogP contribution >= 0.6 is 15.9 Å². The molecule has 0 aromatic heterocycles. The predicted molar refractivity (Wildman–Crippen MR) is 96.0 cm³/mol. The van der Waals surface area contributed by atoms with Gasteiger partial charge in [0, 0.05) is 16.0 Å². The zero-order chi connectivity index (χ0) is 17.7. The molecule has 0 N–H and O–H groups in total. The summed E-state index contributed by atoms with van der Waals surface area (Å²) in [7, 11) is 0. The fourth-order valence-corrected chi connectivity index (χ4v) is 3.75. The number of rotatable bonds is 1. The van der Waals surface area contributed by atoms with E-state index in [-0.39, 0.29) is 24.1 Å². The van der Waals surface area contributed by atoms with Gasteiger partial charge in [0.1, 0.15) is 11.5 Å². The number of carbonyl (C=O) groups is 2. The Labute approximate surface area is 153 Å². The lowest BCUT2D eigenvalue weighted by atomic mass is 9.85. The molecule has 2 heterocycles. The molecule has 0 spiro atoms. The summed E-state index contributed by atoms with van der Waals surface area (Å²) in [6, 6.07) is 11.2. The van der Waals surface area contributed by atoms with Crippen LogP contribution in [-0.4, -0.2) is 11.8 Å². The Morgan fingerprint density at radius 3 is 2.64 bits per heavy atom. The molecule has 0 bridgehead atoms. The van der Waals surface area contributed by atoms with Crippen LogP contribution in [0, 0.1) is 0 Å². The summed E-state index contributed by atoms with van der Waals surface area (Å²) in [5.74, 6) is 0.701. The highest BCUT2D eigenvalue weighted by atomic mass is 79.9. The van der Waals surface area contributed by atoms with Crippen molar-refractivity contribution < 1.29 is 19.1 Å². The van der Waals surface area contributed by atoms with E-state index in [1.165, 1.54) is 0 Å². The van der Waals surface area contributed by atoms with Crippen LogP contribution in [0.5, 0.6) is 11.5 Å². The summed E-state index contributed by atoms with van der Waals surface area (Å²) in [6.07, 6.45) is 0.210. The molecule has 1 atom stereocenters. The quantitative estimate of drug-likeness (QED) is 0.394. The maximum absolute atomic E-state index is 12.6. The van der Waals surface area contributed by atoms with Gasteiger partial charge in [-0.05, 0) is 49.2 Å². The molecule has 5 heteroatoms. The fourth-order valence-electron chi connectivity index (χ4n) is 3.33. The Hall–Kier alpha value is -2.40. The lowest BCUT2D eigenvalue weighted by Gasteiger charge is -2.26. The third-order valence-corrected chi connectivity index (χ3v) is 4.95. The number of hydrogen-bond donors (Lipinski definition) is 0. The van der Waals surface area contributed by atoms with Gasteiger partial charge in [0.15, 0.2) is 5.76 Å².